The molecule has 110 valence electrons. The van der Waals surface area contributed by atoms with Crippen LogP contribution < -0.4 is 15.5 Å². The second-order valence-electron chi connectivity index (χ2n) is 4.35. The fraction of sp³-hybridized carbons (Fsp3) is 0.417. The molecule has 0 saturated carbocycles. The molecule has 1 aromatic rings. The minimum Gasteiger partial charge on any atom is -0.481 e. The van der Waals surface area contributed by atoms with Crippen molar-refractivity contribution in [2.45, 2.75) is 6.54 Å². The molecule has 0 aliphatic heterocycles. The normalized spacial score (nSPS) is 10.2. The quantitative estimate of drug-likeness (QED) is 0.475. The Bertz CT molecular complexity index is 490. The summed E-state index contributed by atoms with van der Waals surface area (Å²) in [5.74, 6) is -0.528. The molecule has 0 aliphatic carbocycles. The minimum absolute atomic E-state index is 0.158. The molecule has 0 fully saturated rings. The molecular weight excluding hydrogens is 264 g/mol. The zero-order valence-corrected chi connectivity index (χ0v) is 11.6. The second-order valence-corrected chi connectivity index (χ2v) is 4.35. The number of hydroxylamine groups is 1. The summed E-state index contributed by atoms with van der Waals surface area (Å²) in [7, 11) is 5.01. The van der Waals surface area contributed by atoms with Crippen LogP contribution in [0.25, 0.3) is 0 Å². The van der Waals surface area contributed by atoms with Crippen molar-refractivity contribution in [3.63, 3.8) is 0 Å². The molecular formula is C12H18N4O4. The fourth-order valence-electron chi connectivity index (χ4n) is 1.53. The van der Waals surface area contributed by atoms with Gasteiger partial charge in [0.2, 0.25) is 11.8 Å². The molecule has 1 rings (SSSR count). The van der Waals surface area contributed by atoms with E-state index in [9.17, 15) is 9.59 Å². The van der Waals surface area contributed by atoms with Crippen LogP contribution in [0.1, 0.15) is 15.9 Å². The maximum absolute atomic E-state index is 11.6. The van der Waals surface area contributed by atoms with Gasteiger partial charge in [-0.05, 0) is 20.2 Å². The molecule has 1 aromatic heterocycles. The lowest BCUT2D eigenvalue weighted by Crippen LogP contribution is -2.33. The van der Waals surface area contributed by atoms with Crippen molar-refractivity contribution in [3.05, 3.63) is 23.4 Å². The SMILES string of the molecule is COc1ncc(C(=O)NO)cc1CNC(=O)CN(C)C. The number of hydrogen-bond donors (Lipinski definition) is 3. The van der Waals surface area contributed by atoms with Crippen LogP contribution in [-0.4, -0.2) is 54.7 Å². The van der Waals surface area contributed by atoms with E-state index in [0.717, 1.165) is 0 Å². The molecule has 0 atom stereocenters. The van der Waals surface area contributed by atoms with Gasteiger partial charge in [0.15, 0.2) is 0 Å². The average molecular weight is 282 g/mol. The summed E-state index contributed by atoms with van der Waals surface area (Å²) >= 11 is 0. The number of carbonyl (C=O) groups excluding carboxylic acids is 2. The Morgan fingerprint density at radius 1 is 1.45 bits per heavy atom. The third-order valence-electron chi connectivity index (χ3n) is 2.42. The molecule has 0 unspecified atom stereocenters. The van der Waals surface area contributed by atoms with Crippen LogP contribution in [0.3, 0.4) is 0 Å². The Balaban J connectivity index is 2.81. The highest BCUT2D eigenvalue weighted by Gasteiger charge is 2.12. The lowest BCUT2D eigenvalue weighted by molar-refractivity contribution is -0.121. The molecule has 0 spiro atoms. The van der Waals surface area contributed by atoms with Crippen molar-refractivity contribution < 1.29 is 19.5 Å². The molecule has 0 radical (unpaired) electrons. The molecule has 8 nitrogen and oxygen atoms in total. The summed E-state index contributed by atoms with van der Waals surface area (Å²) in [4.78, 5) is 28.6. The minimum atomic E-state index is -0.680. The third kappa shape index (κ3) is 4.48. The molecule has 20 heavy (non-hydrogen) atoms. The first kappa shape index (κ1) is 15.9. The molecule has 0 bridgehead atoms. The van der Waals surface area contributed by atoms with Crippen LogP contribution in [0.4, 0.5) is 0 Å². The van der Waals surface area contributed by atoms with Gasteiger partial charge in [0, 0.05) is 18.3 Å². The molecule has 3 N–H and O–H groups in total. The first-order valence-electron chi connectivity index (χ1n) is 5.86. The highest BCUT2D eigenvalue weighted by Crippen LogP contribution is 2.16. The lowest BCUT2D eigenvalue weighted by atomic mass is 10.2. The van der Waals surface area contributed by atoms with Crippen LogP contribution >= 0.6 is 0 Å². The third-order valence-corrected chi connectivity index (χ3v) is 2.42. The van der Waals surface area contributed by atoms with Gasteiger partial charge in [-0.3, -0.25) is 14.8 Å². The van der Waals surface area contributed by atoms with Crippen molar-refractivity contribution in [1.82, 2.24) is 20.7 Å². The van der Waals surface area contributed by atoms with E-state index in [1.807, 2.05) is 0 Å². The van der Waals surface area contributed by atoms with Crippen molar-refractivity contribution in [3.8, 4) is 5.88 Å². The number of carbonyl (C=O) groups is 2. The number of methoxy groups -OCH3 is 1. The van der Waals surface area contributed by atoms with E-state index in [2.05, 4.69) is 10.3 Å². The Morgan fingerprint density at radius 2 is 2.15 bits per heavy atom. The Morgan fingerprint density at radius 3 is 2.70 bits per heavy atom. The van der Waals surface area contributed by atoms with Crippen molar-refractivity contribution in [1.29, 1.82) is 0 Å². The maximum Gasteiger partial charge on any atom is 0.276 e. The number of ether oxygens (including phenoxy) is 1. The summed E-state index contributed by atoms with van der Waals surface area (Å²) in [5.41, 5.74) is 2.24. The number of nitrogens with one attached hydrogen (secondary N) is 2. The van der Waals surface area contributed by atoms with Crippen LogP contribution in [0, 0.1) is 0 Å². The molecule has 8 heteroatoms. The second kappa shape index (κ2) is 7.41. The molecule has 1 heterocycles. The summed E-state index contributed by atoms with van der Waals surface area (Å²) in [6.07, 6.45) is 1.27. The van der Waals surface area contributed by atoms with Crippen molar-refractivity contribution in [2.24, 2.45) is 0 Å². The highest BCUT2D eigenvalue weighted by atomic mass is 16.5. The van der Waals surface area contributed by atoms with Gasteiger partial charge in [0.25, 0.3) is 5.91 Å². The monoisotopic (exact) mass is 282 g/mol. The summed E-state index contributed by atoms with van der Waals surface area (Å²) in [5, 5.41) is 11.3. The first-order chi connectivity index (χ1) is 9.47. The van der Waals surface area contributed by atoms with Gasteiger partial charge >= 0.3 is 0 Å². The summed E-state index contributed by atoms with van der Waals surface area (Å²) in [6, 6.07) is 1.49. The lowest BCUT2D eigenvalue weighted by Gasteiger charge is -2.12. The fourth-order valence-corrected chi connectivity index (χ4v) is 1.53. The number of nitrogens with zero attached hydrogens (tertiary/aromatic N) is 2. The van der Waals surface area contributed by atoms with E-state index in [1.54, 1.807) is 19.0 Å². The average Bonchev–Trinajstić information content (AvgIpc) is 2.43. The Kier molecular flexibility index (Phi) is 5.88. The van der Waals surface area contributed by atoms with Crippen LogP contribution in [0.2, 0.25) is 0 Å². The summed E-state index contributed by atoms with van der Waals surface area (Å²) in [6.45, 7) is 0.432. The number of amides is 2. The zero-order valence-electron chi connectivity index (χ0n) is 11.6. The van der Waals surface area contributed by atoms with Gasteiger partial charge < -0.3 is 15.0 Å². The maximum atomic E-state index is 11.6. The van der Waals surface area contributed by atoms with Crippen LogP contribution in [0.5, 0.6) is 5.88 Å². The van der Waals surface area contributed by atoms with E-state index in [1.165, 1.54) is 24.9 Å². The first-order valence-corrected chi connectivity index (χ1v) is 5.86. The topological polar surface area (TPSA) is 104 Å². The van der Waals surface area contributed by atoms with Gasteiger partial charge in [-0.1, -0.05) is 0 Å². The van der Waals surface area contributed by atoms with E-state index in [-0.39, 0.29) is 24.6 Å². The summed E-state index contributed by atoms with van der Waals surface area (Å²) < 4.78 is 5.06. The van der Waals surface area contributed by atoms with E-state index in [0.29, 0.717) is 11.4 Å². The van der Waals surface area contributed by atoms with Gasteiger partial charge in [-0.15, -0.1) is 0 Å². The van der Waals surface area contributed by atoms with E-state index in [4.69, 9.17) is 9.94 Å². The number of likely N-dealkylation sites (N-methyl/N-ethyl adjacent to an activating group) is 1. The standard InChI is InChI=1S/C12H18N4O4/c1-16(2)7-10(17)13-6-9-4-8(11(18)15-19)5-14-12(9)20-3/h4-5,19H,6-7H2,1-3H3,(H,13,17)(H,15,18). The molecule has 2 amide bonds. The van der Waals surface area contributed by atoms with Gasteiger partial charge in [0.1, 0.15) is 0 Å². The predicted molar refractivity (Wildman–Crippen MR) is 70.4 cm³/mol. The Labute approximate surface area is 116 Å². The Hall–Kier alpha value is -2.19. The largest absolute Gasteiger partial charge is 0.481 e. The van der Waals surface area contributed by atoms with Gasteiger partial charge in [0.05, 0.1) is 19.2 Å². The van der Waals surface area contributed by atoms with E-state index < -0.39 is 5.91 Å². The number of aromatic nitrogens is 1. The van der Waals surface area contributed by atoms with Crippen LogP contribution in [-0.2, 0) is 11.3 Å². The van der Waals surface area contributed by atoms with Crippen molar-refractivity contribution in [2.75, 3.05) is 27.7 Å². The highest BCUT2D eigenvalue weighted by molar-refractivity contribution is 5.93. The smallest absolute Gasteiger partial charge is 0.276 e. The zero-order chi connectivity index (χ0) is 15.1. The van der Waals surface area contributed by atoms with Crippen molar-refractivity contribution >= 4 is 11.8 Å². The number of pyridine rings is 1. The van der Waals surface area contributed by atoms with E-state index >= 15 is 0 Å². The van der Waals surface area contributed by atoms with Gasteiger partial charge in [-0.2, -0.15) is 0 Å². The molecule has 0 aromatic carbocycles. The number of rotatable bonds is 6. The predicted octanol–water partition coefficient (Wildman–Crippen LogP) is -0.613. The number of hydrogen-bond acceptors (Lipinski definition) is 6. The molecule has 0 aliphatic rings. The van der Waals surface area contributed by atoms with Gasteiger partial charge in [-0.25, -0.2) is 10.5 Å². The van der Waals surface area contributed by atoms with Crippen LogP contribution in [0.15, 0.2) is 12.3 Å². The molecule has 0 saturated heterocycles.